The summed E-state index contributed by atoms with van der Waals surface area (Å²) in [6, 6.07) is 5.79. The number of anilines is 2. The van der Waals surface area contributed by atoms with Gasteiger partial charge in [0.05, 0.1) is 38.2 Å². The van der Waals surface area contributed by atoms with Gasteiger partial charge < -0.3 is 25.7 Å². The Morgan fingerprint density at radius 1 is 1.12 bits per heavy atom. The fourth-order valence-electron chi connectivity index (χ4n) is 4.91. The molecule has 0 saturated heterocycles. The third-order valence-electron chi connectivity index (χ3n) is 7.10. The van der Waals surface area contributed by atoms with Crippen LogP contribution in [0.5, 0.6) is 5.75 Å². The number of fused-ring (bicyclic) bond motifs is 1. The summed E-state index contributed by atoms with van der Waals surface area (Å²) in [4.78, 5) is 20.7. The molecule has 1 saturated carbocycles. The highest BCUT2D eigenvalue weighted by Gasteiger charge is 2.41. The highest BCUT2D eigenvalue weighted by molar-refractivity contribution is 6.39. The normalized spacial score (nSPS) is 17.8. The van der Waals surface area contributed by atoms with Crippen molar-refractivity contribution in [3.63, 3.8) is 0 Å². The van der Waals surface area contributed by atoms with E-state index in [0.29, 0.717) is 33.3 Å². The number of carbonyl (C=O) groups is 1. The van der Waals surface area contributed by atoms with Gasteiger partial charge in [0.25, 0.3) is 12.3 Å². The Kier molecular flexibility index (Phi) is 10.3. The molecule has 1 aromatic heterocycles. The summed E-state index contributed by atoms with van der Waals surface area (Å²) in [7, 11) is 0. The molecular formula is C29H34Cl2F5N5O2. The van der Waals surface area contributed by atoms with Crippen LogP contribution in [0.25, 0.3) is 11.0 Å². The molecule has 2 aromatic carbocycles. The molecule has 3 aromatic rings. The molecule has 0 bridgehead atoms. The zero-order valence-corrected chi connectivity index (χ0v) is 25.4. The van der Waals surface area contributed by atoms with Gasteiger partial charge in [0, 0.05) is 25.2 Å². The van der Waals surface area contributed by atoms with Crippen LogP contribution in [0.4, 0.5) is 33.6 Å². The van der Waals surface area contributed by atoms with E-state index in [2.05, 4.69) is 46.7 Å². The molecule has 236 valence electrons. The van der Waals surface area contributed by atoms with Crippen LogP contribution in [0.15, 0.2) is 24.3 Å². The van der Waals surface area contributed by atoms with Gasteiger partial charge in [-0.2, -0.15) is 13.2 Å². The number of halogens is 7. The lowest BCUT2D eigenvalue weighted by Gasteiger charge is -2.30. The number of imidazole rings is 1. The smallest absolute Gasteiger partial charge is 0.391 e. The van der Waals surface area contributed by atoms with Gasteiger partial charge in [-0.3, -0.25) is 4.79 Å². The van der Waals surface area contributed by atoms with Crippen LogP contribution in [0.1, 0.15) is 62.4 Å². The lowest BCUT2D eigenvalue weighted by molar-refractivity contribution is -0.182. The Balaban J connectivity index is 1.55. The maximum atomic E-state index is 13.2. The summed E-state index contributed by atoms with van der Waals surface area (Å²) in [6.45, 7) is 6.64. The quantitative estimate of drug-likeness (QED) is 0.166. The molecule has 0 spiro atoms. The molecule has 0 atom stereocenters. The van der Waals surface area contributed by atoms with Crippen LogP contribution >= 0.6 is 23.2 Å². The second-order valence-electron chi connectivity index (χ2n) is 11.9. The fraction of sp³-hybridized carbons (Fsp3) is 0.517. The summed E-state index contributed by atoms with van der Waals surface area (Å²) >= 11 is 13.1. The minimum Gasteiger partial charge on any atom is -0.487 e. The van der Waals surface area contributed by atoms with Crippen LogP contribution in [0.3, 0.4) is 0 Å². The Morgan fingerprint density at radius 3 is 2.44 bits per heavy atom. The number of ether oxygens (including phenoxy) is 1. The Morgan fingerprint density at radius 2 is 1.81 bits per heavy atom. The molecule has 0 radical (unpaired) electrons. The number of rotatable bonds is 10. The Labute approximate surface area is 256 Å². The van der Waals surface area contributed by atoms with Crippen molar-refractivity contribution in [2.45, 2.75) is 71.6 Å². The number of benzene rings is 2. The molecule has 1 amide bonds. The van der Waals surface area contributed by atoms with Crippen molar-refractivity contribution >= 4 is 51.8 Å². The highest BCUT2D eigenvalue weighted by Crippen LogP contribution is 2.38. The molecule has 43 heavy (non-hydrogen) atoms. The summed E-state index contributed by atoms with van der Waals surface area (Å²) in [5, 5.41) is 9.88. The van der Waals surface area contributed by atoms with Gasteiger partial charge >= 0.3 is 6.18 Å². The van der Waals surface area contributed by atoms with E-state index in [1.165, 1.54) is 12.1 Å². The molecule has 0 aliphatic heterocycles. The number of nitrogens with one attached hydrogen (secondary N) is 4. The minimum atomic E-state index is -4.28. The van der Waals surface area contributed by atoms with Crippen LogP contribution in [-0.2, 0) is 6.54 Å². The van der Waals surface area contributed by atoms with E-state index < -0.39 is 37.1 Å². The third-order valence-corrected chi connectivity index (χ3v) is 7.85. The zero-order valence-electron chi connectivity index (χ0n) is 23.9. The van der Waals surface area contributed by atoms with Crippen molar-refractivity contribution < 1.29 is 31.5 Å². The molecule has 4 rings (SSSR count). The van der Waals surface area contributed by atoms with Crippen LogP contribution in [0.2, 0.25) is 10.0 Å². The molecule has 14 heteroatoms. The summed E-state index contributed by atoms with van der Waals surface area (Å²) in [5.74, 6) is -1.95. The molecule has 1 fully saturated rings. The van der Waals surface area contributed by atoms with Gasteiger partial charge in [-0.25, -0.2) is 13.8 Å². The number of nitrogens with zero attached hydrogens (tertiary/aromatic N) is 1. The van der Waals surface area contributed by atoms with Crippen molar-refractivity contribution in [1.29, 1.82) is 0 Å². The summed E-state index contributed by atoms with van der Waals surface area (Å²) in [6.07, 6.45) is -6.98. The standard InChI is InChI=1S/C29H34Cl2F5N5O2/c1-28(2,3)14-37-12-15-4-9-19(30)25(24(15)31)41-27-39-20-10-18(22(11-21(20)40-27)43-13-23(32)33)26(42)38-17-7-5-16(6-8-17)29(34,35)36/h4,9-11,16-17,23,37H,5-8,12-14H2,1-3H3,(H,38,42)(H2,39,40,41). The lowest BCUT2D eigenvalue weighted by atomic mass is 9.85. The number of aromatic amines is 1. The Bertz CT molecular complexity index is 1430. The van der Waals surface area contributed by atoms with E-state index in [1.54, 1.807) is 6.07 Å². The maximum absolute atomic E-state index is 13.2. The van der Waals surface area contributed by atoms with Gasteiger partial charge in [-0.05, 0) is 48.8 Å². The molecule has 1 heterocycles. The van der Waals surface area contributed by atoms with Crippen molar-refractivity contribution in [1.82, 2.24) is 20.6 Å². The topological polar surface area (TPSA) is 91.1 Å². The predicted octanol–water partition coefficient (Wildman–Crippen LogP) is 8.24. The largest absolute Gasteiger partial charge is 0.487 e. The van der Waals surface area contributed by atoms with Crippen molar-refractivity contribution in [3.8, 4) is 5.75 Å². The van der Waals surface area contributed by atoms with Gasteiger partial charge in [0.15, 0.2) is 0 Å². The van der Waals surface area contributed by atoms with Crippen LogP contribution in [0, 0.1) is 11.3 Å². The zero-order chi connectivity index (χ0) is 31.5. The highest BCUT2D eigenvalue weighted by atomic mass is 35.5. The number of carbonyl (C=O) groups excluding carboxylic acids is 1. The number of hydrogen-bond acceptors (Lipinski definition) is 5. The first-order chi connectivity index (χ1) is 20.1. The fourth-order valence-corrected chi connectivity index (χ4v) is 5.44. The van der Waals surface area contributed by atoms with Crippen molar-refractivity contribution in [2.75, 3.05) is 18.5 Å². The van der Waals surface area contributed by atoms with Gasteiger partial charge in [-0.15, -0.1) is 0 Å². The lowest BCUT2D eigenvalue weighted by Crippen LogP contribution is -2.40. The van der Waals surface area contributed by atoms with Crippen molar-refractivity contribution in [3.05, 3.63) is 45.4 Å². The first-order valence-electron chi connectivity index (χ1n) is 13.9. The van der Waals surface area contributed by atoms with E-state index in [9.17, 15) is 26.7 Å². The predicted molar refractivity (Wildman–Crippen MR) is 158 cm³/mol. The van der Waals surface area contributed by atoms with Gasteiger partial charge in [0.1, 0.15) is 12.4 Å². The molecule has 4 N–H and O–H groups in total. The minimum absolute atomic E-state index is 0.0516. The average molecular weight is 651 g/mol. The third kappa shape index (κ3) is 8.86. The van der Waals surface area contributed by atoms with Gasteiger partial charge in [-0.1, -0.05) is 50.0 Å². The molecule has 0 unspecified atom stereocenters. The number of hydrogen-bond donors (Lipinski definition) is 4. The summed E-state index contributed by atoms with van der Waals surface area (Å²) in [5.41, 5.74) is 1.93. The number of amides is 1. The molecule has 1 aliphatic carbocycles. The molecule has 1 aliphatic rings. The van der Waals surface area contributed by atoms with Crippen LogP contribution in [-0.4, -0.2) is 47.7 Å². The monoisotopic (exact) mass is 649 g/mol. The Hall–Kier alpha value is -2.83. The molecular weight excluding hydrogens is 616 g/mol. The van der Waals surface area contributed by atoms with E-state index >= 15 is 0 Å². The second kappa shape index (κ2) is 13.4. The first kappa shape index (κ1) is 33.1. The first-order valence-corrected chi connectivity index (χ1v) is 14.6. The van der Waals surface area contributed by atoms with E-state index in [1.807, 2.05) is 6.07 Å². The number of aromatic nitrogens is 2. The number of H-pyrrole nitrogens is 1. The average Bonchev–Trinajstić information content (AvgIpc) is 3.31. The van der Waals surface area contributed by atoms with Crippen molar-refractivity contribution in [2.24, 2.45) is 11.3 Å². The SMILES string of the molecule is CC(C)(C)CNCc1ccc(Cl)c(Nc2nc3cc(OCC(F)F)c(C(=O)NC4CCC(C(F)(F)F)CC4)cc3[nH]2)c1Cl. The van der Waals surface area contributed by atoms with E-state index in [0.717, 1.165) is 12.1 Å². The molecule has 7 nitrogen and oxygen atoms in total. The van der Waals surface area contributed by atoms with E-state index in [4.69, 9.17) is 27.9 Å². The summed E-state index contributed by atoms with van der Waals surface area (Å²) < 4.78 is 70.3. The number of alkyl halides is 5. The van der Waals surface area contributed by atoms with Gasteiger partial charge in [0.2, 0.25) is 5.95 Å². The van der Waals surface area contributed by atoms with E-state index in [-0.39, 0.29) is 48.4 Å². The second-order valence-corrected chi connectivity index (χ2v) is 12.7. The van der Waals surface area contributed by atoms with Crippen LogP contribution < -0.4 is 20.7 Å². The maximum Gasteiger partial charge on any atom is 0.391 e.